The molecular weight excluding hydrogens is 368 g/mol. The molecule has 7 heteroatoms. The number of pyridine rings is 1. The summed E-state index contributed by atoms with van der Waals surface area (Å²) in [5, 5.41) is 4.90. The molecule has 0 aliphatic carbocycles. The molecule has 2 heterocycles. The summed E-state index contributed by atoms with van der Waals surface area (Å²) in [6.07, 6.45) is 6.69. The van der Waals surface area contributed by atoms with E-state index in [1.807, 2.05) is 23.2 Å². The van der Waals surface area contributed by atoms with Crippen LogP contribution in [0.2, 0.25) is 18.1 Å². The van der Waals surface area contributed by atoms with Crippen LogP contribution in [0.15, 0.2) is 24.7 Å². The summed E-state index contributed by atoms with van der Waals surface area (Å²) in [5.41, 5.74) is 2.15. The number of nitrogens with zero attached hydrogens (tertiary/aromatic N) is 3. The summed E-state index contributed by atoms with van der Waals surface area (Å²) in [5.74, 6) is 0.0720. The molecule has 0 radical (unpaired) electrons. The predicted octanol–water partition coefficient (Wildman–Crippen LogP) is 3.63. The van der Waals surface area contributed by atoms with Gasteiger partial charge in [-0.3, -0.25) is 9.78 Å². The van der Waals surface area contributed by atoms with E-state index in [0.717, 1.165) is 42.6 Å². The van der Waals surface area contributed by atoms with Gasteiger partial charge in [-0.25, -0.2) is 0 Å². The van der Waals surface area contributed by atoms with E-state index in [-0.39, 0.29) is 10.9 Å². The fourth-order valence-electron chi connectivity index (χ4n) is 2.70. The number of likely N-dealkylation sites (N-methyl/N-ethyl adjacent to an activating group) is 1. The zero-order valence-electron chi connectivity index (χ0n) is 18.5. The van der Waals surface area contributed by atoms with Crippen LogP contribution in [0.25, 0.3) is 10.9 Å². The van der Waals surface area contributed by atoms with Gasteiger partial charge in [0.25, 0.3) is 0 Å². The van der Waals surface area contributed by atoms with Crippen molar-refractivity contribution in [3.63, 3.8) is 0 Å². The Morgan fingerprint density at radius 1 is 1.29 bits per heavy atom. The van der Waals surface area contributed by atoms with Gasteiger partial charge in [-0.05, 0) is 42.7 Å². The van der Waals surface area contributed by atoms with Gasteiger partial charge in [0, 0.05) is 45.0 Å². The highest BCUT2D eigenvalue weighted by Crippen LogP contribution is 2.36. The number of hydrogen-bond donors (Lipinski definition) is 1. The van der Waals surface area contributed by atoms with Crippen LogP contribution >= 0.6 is 0 Å². The maximum absolute atomic E-state index is 12.0. The van der Waals surface area contributed by atoms with Crippen molar-refractivity contribution in [2.24, 2.45) is 0 Å². The third kappa shape index (κ3) is 5.65. The average Bonchev–Trinajstić information content (AvgIpc) is 3.00. The topological polar surface area (TPSA) is 59.4 Å². The van der Waals surface area contributed by atoms with Crippen LogP contribution in [0.5, 0.6) is 0 Å². The third-order valence-corrected chi connectivity index (χ3v) is 10.2. The predicted molar refractivity (Wildman–Crippen MR) is 118 cm³/mol. The summed E-state index contributed by atoms with van der Waals surface area (Å²) < 4.78 is 8.18. The highest BCUT2D eigenvalue weighted by molar-refractivity contribution is 6.74. The number of rotatable bonds is 9. The standard InChI is InChI=1S/C21H36N4O2Si/c1-21(2,3)28(6,7)27-12-8-10-22-13-17-14-23-15-19-18(17)9-11-25(19)16-20(26)24(4)5/h9,11,14-15,22H,8,10,12-13,16H2,1-7H3. The highest BCUT2D eigenvalue weighted by atomic mass is 28.4. The van der Waals surface area contributed by atoms with Crippen LogP contribution in [0.1, 0.15) is 32.8 Å². The normalized spacial score (nSPS) is 12.5. The molecule has 0 aliphatic heterocycles. The van der Waals surface area contributed by atoms with Crippen molar-refractivity contribution in [1.82, 2.24) is 19.8 Å². The average molecular weight is 405 g/mol. The van der Waals surface area contributed by atoms with E-state index in [1.54, 1.807) is 19.0 Å². The molecule has 1 N–H and O–H groups in total. The summed E-state index contributed by atoms with van der Waals surface area (Å²) >= 11 is 0. The molecule has 2 rings (SSSR count). The summed E-state index contributed by atoms with van der Waals surface area (Å²) in [4.78, 5) is 18.0. The van der Waals surface area contributed by atoms with Crippen LogP contribution in [-0.2, 0) is 22.3 Å². The smallest absolute Gasteiger partial charge is 0.241 e. The van der Waals surface area contributed by atoms with Gasteiger partial charge in [-0.15, -0.1) is 0 Å². The number of aromatic nitrogens is 2. The SMILES string of the molecule is CN(C)C(=O)Cn1ccc2c(CNCCCO[Si](C)(C)C(C)(C)C)cncc21. The molecule has 0 spiro atoms. The highest BCUT2D eigenvalue weighted by Gasteiger charge is 2.36. The number of carbonyl (C=O) groups is 1. The van der Waals surface area contributed by atoms with E-state index in [1.165, 1.54) is 0 Å². The molecule has 0 bridgehead atoms. The molecule has 2 aromatic heterocycles. The summed E-state index contributed by atoms with van der Waals surface area (Å²) in [6.45, 7) is 14.2. The Labute approximate surface area is 170 Å². The van der Waals surface area contributed by atoms with E-state index in [2.05, 4.69) is 50.2 Å². The lowest BCUT2D eigenvalue weighted by molar-refractivity contribution is -0.129. The van der Waals surface area contributed by atoms with Crippen molar-refractivity contribution in [2.75, 3.05) is 27.2 Å². The van der Waals surface area contributed by atoms with Gasteiger partial charge < -0.3 is 19.2 Å². The Morgan fingerprint density at radius 2 is 2.00 bits per heavy atom. The van der Waals surface area contributed by atoms with Gasteiger partial charge in [-0.1, -0.05) is 20.8 Å². The first-order chi connectivity index (χ1) is 13.0. The molecule has 28 heavy (non-hydrogen) atoms. The number of hydrogen-bond acceptors (Lipinski definition) is 4. The molecule has 2 aromatic rings. The maximum atomic E-state index is 12.0. The lowest BCUT2D eigenvalue weighted by Crippen LogP contribution is -2.41. The van der Waals surface area contributed by atoms with Crippen molar-refractivity contribution in [3.05, 3.63) is 30.2 Å². The Hall–Kier alpha value is -1.70. The molecule has 0 unspecified atom stereocenters. The van der Waals surface area contributed by atoms with Crippen LogP contribution in [0.3, 0.4) is 0 Å². The van der Waals surface area contributed by atoms with Gasteiger partial charge in [0.1, 0.15) is 6.54 Å². The molecule has 0 saturated carbocycles. The minimum absolute atomic E-state index is 0.0720. The van der Waals surface area contributed by atoms with Gasteiger partial charge in [0.2, 0.25) is 5.91 Å². The van der Waals surface area contributed by atoms with E-state index in [9.17, 15) is 4.79 Å². The first kappa shape index (κ1) is 22.6. The van der Waals surface area contributed by atoms with Crippen LogP contribution in [0, 0.1) is 0 Å². The number of amides is 1. The third-order valence-electron chi connectivity index (χ3n) is 5.67. The lowest BCUT2D eigenvalue weighted by atomic mass is 10.2. The summed E-state index contributed by atoms with van der Waals surface area (Å²) in [7, 11) is 1.89. The quantitative estimate of drug-likeness (QED) is 0.512. The number of fused-ring (bicyclic) bond motifs is 1. The van der Waals surface area contributed by atoms with E-state index in [4.69, 9.17) is 4.43 Å². The fraction of sp³-hybridized carbons (Fsp3) is 0.619. The van der Waals surface area contributed by atoms with Gasteiger partial charge >= 0.3 is 0 Å². The van der Waals surface area contributed by atoms with Crippen molar-refractivity contribution >= 4 is 25.1 Å². The van der Waals surface area contributed by atoms with Crippen molar-refractivity contribution in [2.45, 2.75) is 58.4 Å². The Morgan fingerprint density at radius 3 is 2.64 bits per heavy atom. The Kier molecular flexibility index (Phi) is 7.42. The first-order valence-corrected chi connectivity index (χ1v) is 12.9. The number of carbonyl (C=O) groups excluding carboxylic acids is 1. The molecule has 1 amide bonds. The van der Waals surface area contributed by atoms with E-state index in [0.29, 0.717) is 6.54 Å². The van der Waals surface area contributed by atoms with Gasteiger partial charge in [0.05, 0.1) is 11.7 Å². The van der Waals surface area contributed by atoms with Gasteiger partial charge in [-0.2, -0.15) is 0 Å². The zero-order valence-corrected chi connectivity index (χ0v) is 19.5. The van der Waals surface area contributed by atoms with Crippen molar-refractivity contribution < 1.29 is 9.22 Å². The molecular formula is C21H36N4O2Si. The molecule has 0 fully saturated rings. The molecule has 6 nitrogen and oxygen atoms in total. The fourth-order valence-corrected chi connectivity index (χ4v) is 3.79. The maximum Gasteiger partial charge on any atom is 0.241 e. The Balaban J connectivity index is 1.87. The molecule has 0 saturated heterocycles. The molecule has 0 aliphatic rings. The first-order valence-electron chi connectivity index (χ1n) is 9.99. The zero-order chi connectivity index (χ0) is 20.9. The minimum atomic E-state index is -1.66. The summed E-state index contributed by atoms with van der Waals surface area (Å²) in [6, 6.07) is 2.07. The molecule has 156 valence electrons. The molecule has 0 aromatic carbocycles. The number of nitrogens with one attached hydrogen (secondary N) is 1. The second kappa shape index (κ2) is 9.20. The van der Waals surface area contributed by atoms with Crippen LogP contribution in [0.4, 0.5) is 0 Å². The van der Waals surface area contributed by atoms with E-state index >= 15 is 0 Å². The lowest BCUT2D eigenvalue weighted by Gasteiger charge is -2.36. The van der Waals surface area contributed by atoms with Crippen molar-refractivity contribution in [1.29, 1.82) is 0 Å². The van der Waals surface area contributed by atoms with Crippen LogP contribution in [-0.4, -0.2) is 55.9 Å². The van der Waals surface area contributed by atoms with E-state index < -0.39 is 8.32 Å². The Bertz CT molecular complexity index is 793. The minimum Gasteiger partial charge on any atom is -0.417 e. The monoisotopic (exact) mass is 404 g/mol. The molecule has 0 atom stereocenters. The van der Waals surface area contributed by atoms with Crippen LogP contribution < -0.4 is 5.32 Å². The largest absolute Gasteiger partial charge is 0.417 e. The second-order valence-electron chi connectivity index (χ2n) is 9.10. The van der Waals surface area contributed by atoms with Crippen molar-refractivity contribution in [3.8, 4) is 0 Å². The second-order valence-corrected chi connectivity index (χ2v) is 13.9. The van der Waals surface area contributed by atoms with Gasteiger partial charge in [0.15, 0.2) is 8.32 Å².